The normalized spacial score (nSPS) is 20.1. The van der Waals surface area contributed by atoms with Crippen LogP contribution in [-0.2, 0) is 32.7 Å². The first kappa shape index (κ1) is 31.6. The molecule has 42 heavy (non-hydrogen) atoms. The summed E-state index contributed by atoms with van der Waals surface area (Å²) in [6.07, 6.45) is 2.70. The molecule has 10 heteroatoms. The molecule has 1 fully saturated rings. The number of ether oxygens (including phenoxy) is 1. The molecule has 0 aliphatic carbocycles. The Morgan fingerprint density at radius 1 is 1.00 bits per heavy atom. The molecule has 3 aromatic carbocycles. The first-order chi connectivity index (χ1) is 20.0. The Morgan fingerprint density at radius 2 is 1.71 bits per heavy atom. The van der Waals surface area contributed by atoms with E-state index in [1.165, 1.54) is 10.6 Å². The number of carbonyl (C=O) groups is 2. The maximum Gasteiger partial charge on any atom is 0.516 e. The summed E-state index contributed by atoms with van der Waals surface area (Å²) in [6.45, 7) is 2.75. The van der Waals surface area contributed by atoms with Crippen LogP contribution in [0.15, 0.2) is 72.8 Å². The minimum Gasteiger partial charge on any atom is -0.622 e. The predicted molar refractivity (Wildman–Crippen MR) is 163 cm³/mol. The summed E-state index contributed by atoms with van der Waals surface area (Å²) in [7, 11) is -3.45. The van der Waals surface area contributed by atoms with Crippen LogP contribution in [0, 0.1) is 11.1 Å². The van der Waals surface area contributed by atoms with Crippen molar-refractivity contribution in [3.05, 3.63) is 89.1 Å². The van der Waals surface area contributed by atoms with E-state index in [0.717, 1.165) is 21.9 Å². The van der Waals surface area contributed by atoms with Gasteiger partial charge in [-0.05, 0) is 53.1 Å². The number of fused-ring (bicyclic) bond motifs is 1. The van der Waals surface area contributed by atoms with E-state index >= 15 is 0 Å². The third kappa shape index (κ3) is 9.09. The second kappa shape index (κ2) is 14.2. The number of hydrogen-bond acceptors (Lipinski definition) is 6. The number of carbonyl (C=O) groups excluding carboxylic acids is 2. The van der Waals surface area contributed by atoms with Gasteiger partial charge >= 0.3 is 6.09 Å². The van der Waals surface area contributed by atoms with Crippen LogP contribution in [0.4, 0.5) is 4.79 Å². The van der Waals surface area contributed by atoms with Gasteiger partial charge < -0.3 is 15.3 Å². The molecule has 9 nitrogen and oxygen atoms in total. The zero-order chi connectivity index (χ0) is 30.2. The molecule has 3 unspecified atom stereocenters. The van der Waals surface area contributed by atoms with Crippen LogP contribution < -0.4 is 5.32 Å². The largest absolute Gasteiger partial charge is 0.622 e. The van der Waals surface area contributed by atoms with Crippen molar-refractivity contribution in [3.63, 3.8) is 0 Å². The highest BCUT2D eigenvalue weighted by Crippen LogP contribution is 2.22. The molecule has 1 aliphatic heterocycles. The number of hydrogen-bond donors (Lipinski definition) is 1. The molecular formula is C32H41N3O6S. The van der Waals surface area contributed by atoms with Crippen molar-refractivity contribution in [2.24, 2.45) is 5.92 Å². The zero-order valence-electron chi connectivity index (χ0n) is 24.4. The molecule has 1 aliphatic rings. The highest BCUT2D eigenvalue weighted by atomic mass is 32.2. The Balaban J connectivity index is 1.23. The first-order valence-corrected chi connectivity index (χ1v) is 16.4. The Labute approximate surface area is 248 Å². The number of nitrogens with one attached hydrogen (secondary N) is 1. The SMILES string of the molecule is CC(CCC(=O)NC1CCC[N+]([O-])(C(=O)OCc2ccccc2)CC1)CN(Cc1ccc2ccccc2c1)S(C)(=O)=O. The van der Waals surface area contributed by atoms with Gasteiger partial charge in [0.2, 0.25) is 15.9 Å². The van der Waals surface area contributed by atoms with E-state index in [1.807, 2.05) is 79.7 Å². The number of sulfonamides is 1. The third-order valence-electron chi connectivity index (χ3n) is 7.83. The lowest BCUT2D eigenvalue weighted by molar-refractivity contribution is -0.807. The highest BCUT2D eigenvalue weighted by molar-refractivity contribution is 7.88. The van der Waals surface area contributed by atoms with Gasteiger partial charge in [0.25, 0.3) is 0 Å². The van der Waals surface area contributed by atoms with Gasteiger partial charge in [-0.3, -0.25) is 9.44 Å². The maximum atomic E-state index is 13.2. The second-order valence-corrected chi connectivity index (χ2v) is 13.4. The Morgan fingerprint density at radius 3 is 2.45 bits per heavy atom. The number of benzene rings is 3. The fourth-order valence-electron chi connectivity index (χ4n) is 5.35. The van der Waals surface area contributed by atoms with Crippen molar-refractivity contribution in [1.82, 2.24) is 9.62 Å². The molecule has 226 valence electrons. The molecule has 1 saturated heterocycles. The molecule has 0 radical (unpaired) electrons. The summed E-state index contributed by atoms with van der Waals surface area (Å²) >= 11 is 0. The summed E-state index contributed by atoms with van der Waals surface area (Å²) in [5.74, 6) is -0.171. The van der Waals surface area contributed by atoms with Gasteiger partial charge in [-0.2, -0.15) is 9.10 Å². The van der Waals surface area contributed by atoms with E-state index < -0.39 is 20.8 Å². The van der Waals surface area contributed by atoms with Gasteiger partial charge in [0.1, 0.15) is 6.61 Å². The van der Waals surface area contributed by atoms with Crippen LogP contribution >= 0.6 is 0 Å². The number of hydroxylamine groups is 3. The van der Waals surface area contributed by atoms with Gasteiger partial charge in [0.15, 0.2) is 0 Å². The molecule has 1 heterocycles. The quantitative estimate of drug-likeness (QED) is 0.236. The minimum absolute atomic E-state index is 0.0367. The van der Waals surface area contributed by atoms with Gasteiger partial charge in [0, 0.05) is 32.0 Å². The van der Waals surface area contributed by atoms with Crippen LogP contribution in [0.25, 0.3) is 10.8 Å². The van der Waals surface area contributed by atoms with E-state index in [0.29, 0.717) is 32.2 Å². The average Bonchev–Trinajstić information content (AvgIpc) is 3.16. The number of quaternary nitrogens is 1. The Hall–Kier alpha value is -3.31. The number of likely N-dealkylation sites (tertiary alicyclic amines) is 1. The zero-order valence-corrected chi connectivity index (χ0v) is 25.2. The first-order valence-electron chi connectivity index (χ1n) is 14.5. The summed E-state index contributed by atoms with van der Waals surface area (Å²) in [5.41, 5.74) is 1.73. The summed E-state index contributed by atoms with van der Waals surface area (Å²) in [4.78, 5) is 25.4. The standard InChI is InChI=1S/C32H41N3O6S/c1-25(22-34(42(2,39)40)23-27-15-16-28-11-6-7-12-29(28)21-27)14-17-31(36)33-30-13-8-19-35(38,20-18-30)32(37)41-24-26-9-4-3-5-10-26/h3-7,9-12,15-16,21,25,30H,8,13-14,17-20,22-24H2,1-2H3,(H,33,36). The predicted octanol–water partition coefficient (Wildman–Crippen LogP) is 5.34. The van der Waals surface area contributed by atoms with Crippen LogP contribution in [0.1, 0.15) is 50.2 Å². The molecule has 0 spiro atoms. The molecule has 4 rings (SSSR count). The second-order valence-electron chi connectivity index (χ2n) is 11.5. The van der Waals surface area contributed by atoms with Crippen LogP contribution in [0.5, 0.6) is 0 Å². The topological polar surface area (TPSA) is 116 Å². The van der Waals surface area contributed by atoms with E-state index in [4.69, 9.17) is 4.74 Å². The molecular weight excluding hydrogens is 554 g/mol. The van der Waals surface area contributed by atoms with Gasteiger partial charge in [-0.15, -0.1) is 0 Å². The smallest absolute Gasteiger partial charge is 0.516 e. The van der Waals surface area contributed by atoms with Crippen LogP contribution in [0.2, 0.25) is 0 Å². The highest BCUT2D eigenvalue weighted by Gasteiger charge is 2.33. The lowest BCUT2D eigenvalue weighted by atomic mass is 10.0. The van der Waals surface area contributed by atoms with Gasteiger partial charge in [-0.25, -0.2) is 8.42 Å². The van der Waals surface area contributed by atoms with Crippen molar-refractivity contribution in [2.45, 2.75) is 58.2 Å². The van der Waals surface area contributed by atoms with Crippen LogP contribution in [-0.4, -0.2) is 61.3 Å². The van der Waals surface area contributed by atoms with Crippen LogP contribution in [0.3, 0.4) is 0 Å². The molecule has 2 amide bonds. The van der Waals surface area contributed by atoms with Gasteiger partial charge in [-0.1, -0.05) is 73.7 Å². The lowest BCUT2D eigenvalue weighted by Gasteiger charge is -2.36. The van der Waals surface area contributed by atoms with Crippen molar-refractivity contribution in [3.8, 4) is 0 Å². The van der Waals surface area contributed by atoms with Crippen molar-refractivity contribution < 1.29 is 27.4 Å². The molecule has 0 bridgehead atoms. The number of rotatable bonds is 11. The van der Waals surface area contributed by atoms with E-state index in [1.54, 1.807) is 0 Å². The molecule has 3 aromatic rings. The fourth-order valence-corrected chi connectivity index (χ4v) is 6.26. The summed E-state index contributed by atoms with van der Waals surface area (Å²) in [6, 6.07) is 23.0. The van der Waals surface area contributed by atoms with Gasteiger partial charge in [0.05, 0.1) is 19.3 Å². The fraction of sp³-hybridized carbons (Fsp3) is 0.438. The monoisotopic (exact) mass is 595 g/mol. The average molecular weight is 596 g/mol. The molecule has 1 N–H and O–H groups in total. The number of amides is 2. The van der Waals surface area contributed by atoms with E-state index in [2.05, 4.69) is 5.32 Å². The van der Waals surface area contributed by atoms with Crippen molar-refractivity contribution in [2.75, 3.05) is 25.9 Å². The third-order valence-corrected chi connectivity index (χ3v) is 9.05. The Kier molecular flexibility index (Phi) is 10.7. The van der Waals surface area contributed by atoms with Crippen molar-refractivity contribution >= 4 is 32.8 Å². The summed E-state index contributed by atoms with van der Waals surface area (Å²) < 4.78 is 30.9. The van der Waals surface area contributed by atoms with E-state index in [-0.39, 0.29) is 50.5 Å². The molecule has 0 aromatic heterocycles. The maximum absolute atomic E-state index is 13.2. The Bertz CT molecular complexity index is 1470. The van der Waals surface area contributed by atoms with Crippen molar-refractivity contribution in [1.29, 1.82) is 0 Å². The minimum atomic E-state index is -3.45. The van der Waals surface area contributed by atoms with E-state index in [9.17, 15) is 23.2 Å². The number of nitrogens with zero attached hydrogens (tertiary/aromatic N) is 2. The lowest BCUT2D eigenvalue weighted by Crippen LogP contribution is -2.49. The molecule has 0 saturated carbocycles. The molecule has 3 atom stereocenters. The summed E-state index contributed by atoms with van der Waals surface area (Å²) in [5, 5.41) is 18.4.